The van der Waals surface area contributed by atoms with Crippen LogP contribution in [0.25, 0.3) is 11.4 Å². The number of urea groups is 1. The van der Waals surface area contributed by atoms with E-state index in [9.17, 15) is 9.59 Å². The largest absolute Gasteiger partial charge is 0.481 e. The van der Waals surface area contributed by atoms with Crippen molar-refractivity contribution in [2.45, 2.75) is 38.5 Å². The van der Waals surface area contributed by atoms with E-state index in [0.717, 1.165) is 29.7 Å². The first-order valence-corrected chi connectivity index (χ1v) is 10.3. The molecule has 8 nitrogen and oxygen atoms in total. The summed E-state index contributed by atoms with van der Waals surface area (Å²) in [4.78, 5) is 27.8. The molecule has 0 aliphatic heterocycles. The second kappa shape index (κ2) is 8.99. The number of carbonyl (C=O) groups excluding carboxylic acids is 1. The second-order valence-electron chi connectivity index (χ2n) is 7.87. The molecule has 0 bridgehead atoms. The number of carboxylic acids is 1. The Hall–Kier alpha value is -3.68. The van der Waals surface area contributed by atoms with Gasteiger partial charge in [0.25, 0.3) is 0 Å². The van der Waals surface area contributed by atoms with Gasteiger partial charge in [-0.05, 0) is 69.0 Å². The van der Waals surface area contributed by atoms with Gasteiger partial charge in [0.2, 0.25) is 11.7 Å². The molecule has 1 aromatic heterocycles. The zero-order valence-electron chi connectivity index (χ0n) is 17.2. The summed E-state index contributed by atoms with van der Waals surface area (Å²) in [5.74, 6) is 0.126. The van der Waals surface area contributed by atoms with Crippen LogP contribution in [0.1, 0.15) is 43.1 Å². The minimum atomic E-state index is -0.731. The van der Waals surface area contributed by atoms with Crippen LogP contribution in [-0.2, 0) is 4.79 Å². The van der Waals surface area contributed by atoms with Gasteiger partial charge in [0.05, 0.1) is 5.92 Å². The van der Waals surface area contributed by atoms with Gasteiger partial charge in [-0.1, -0.05) is 22.9 Å². The monoisotopic (exact) mass is 420 g/mol. The van der Waals surface area contributed by atoms with Crippen LogP contribution in [0.5, 0.6) is 0 Å². The minimum absolute atomic E-state index is 0.100. The smallest absolute Gasteiger partial charge is 0.323 e. The average molecular weight is 420 g/mol. The zero-order valence-corrected chi connectivity index (χ0v) is 17.2. The summed E-state index contributed by atoms with van der Waals surface area (Å²) >= 11 is 0. The van der Waals surface area contributed by atoms with Crippen molar-refractivity contribution in [3.63, 3.8) is 0 Å². The minimum Gasteiger partial charge on any atom is -0.481 e. The van der Waals surface area contributed by atoms with E-state index in [2.05, 4.69) is 20.8 Å². The Morgan fingerprint density at radius 3 is 2.10 bits per heavy atom. The number of amides is 2. The molecule has 1 saturated carbocycles. The summed E-state index contributed by atoms with van der Waals surface area (Å²) in [5.41, 5.74) is 3.26. The van der Waals surface area contributed by atoms with Gasteiger partial charge in [-0.2, -0.15) is 4.98 Å². The number of carbonyl (C=O) groups is 2. The van der Waals surface area contributed by atoms with Gasteiger partial charge in [0, 0.05) is 22.9 Å². The van der Waals surface area contributed by atoms with E-state index in [-0.39, 0.29) is 17.9 Å². The molecular weight excluding hydrogens is 396 g/mol. The van der Waals surface area contributed by atoms with Crippen molar-refractivity contribution in [1.29, 1.82) is 0 Å². The quantitative estimate of drug-likeness (QED) is 0.532. The number of hydrogen-bond acceptors (Lipinski definition) is 5. The molecule has 2 aromatic carbocycles. The number of hydrogen-bond donors (Lipinski definition) is 3. The summed E-state index contributed by atoms with van der Waals surface area (Å²) in [6.45, 7) is 1.99. The lowest BCUT2D eigenvalue weighted by Crippen LogP contribution is -2.20. The zero-order chi connectivity index (χ0) is 21.8. The van der Waals surface area contributed by atoms with Crippen LogP contribution in [-0.4, -0.2) is 27.2 Å². The van der Waals surface area contributed by atoms with Crippen molar-refractivity contribution in [1.82, 2.24) is 10.1 Å². The molecule has 3 N–H and O–H groups in total. The molecule has 1 aliphatic carbocycles. The van der Waals surface area contributed by atoms with Gasteiger partial charge in [-0.3, -0.25) is 4.79 Å². The molecular formula is C23H24N4O4. The summed E-state index contributed by atoms with van der Waals surface area (Å²) < 4.78 is 5.44. The van der Waals surface area contributed by atoms with Gasteiger partial charge in [-0.15, -0.1) is 0 Å². The van der Waals surface area contributed by atoms with Crippen molar-refractivity contribution in [3.8, 4) is 11.4 Å². The van der Waals surface area contributed by atoms with E-state index >= 15 is 0 Å². The fourth-order valence-electron chi connectivity index (χ4n) is 3.74. The Morgan fingerprint density at radius 1 is 0.935 bits per heavy atom. The molecule has 8 heteroatoms. The number of anilines is 2. The SMILES string of the molecule is Cc1ccc(NC(=O)Nc2ccc(-c3noc(C4CCC(C(=O)O)CC4)n3)cc2)cc1. The first-order chi connectivity index (χ1) is 15.0. The van der Waals surface area contributed by atoms with Crippen LogP contribution in [0, 0.1) is 12.8 Å². The van der Waals surface area contributed by atoms with Crippen LogP contribution in [0.3, 0.4) is 0 Å². The lowest BCUT2D eigenvalue weighted by Gasteiger charge is -2.23. The van der Waals surface area contributed by atoms with Crippen LogP contribution in [0.4, 0.5) is 16.2 Å². The Bertz CT molecular complexity index is 1050. The number of aliphatic carboxylic acids is 1. The van der Waals surface area contributed by atoms with E-state index in [1.54, 1.807) is 12.1 Å². The van der Waals surface area contributed by atoms with Crippen LogP contribution < -0.4 is 10.6 Å². The molecule has 1 aliphatic rings. The Kier molecular flexibility index (Phi) is 5.97. The molecule has 31 heavy (non-hydrogen) atoms. The molecule has 0 unspecified atom stereocenters. The molecule has 3 aromatic rings. The molecule has 1 fully saturated rings. The van der Waals surface area contributed by atoms with E-state index in [4.69, 9.17) is 9.63 Å². The second-order valence-corrected chi connectivity index (χ2v) is 7.87. The first-order valence-electron chi connectivity index (χ1n) is 10.3. The summed E-state index contributed by atoms with van der Waals surface area (Å²) in [7, 11) is 0. The molecule has 0 saturated heterocycles. The maximum Gasteiger partial charge on any atom is 0.323 e. The van der Waals surface area contributed by atoms with E-state index < -0.39 is 5.97 Å². The molecule has 0 radical (unpaired) electrons. The third kappa shape index (κ3) is 5.09. The molecule has 0 spiro atoms. The number of rotatable bonds is 5. The van der Waals surface area contributed by atoms with Crippen molar-refractivity contribution in [3.05, 3.63) is 60.0 Å². The number of nitrogens with one attached hydrogen (secondary N) is 2. The van der Waals surface area contributed by atoms with Gasteiger partial charge >= 0.3 is 12.0 Å². The third-order valence-electron chi connectivity index (χ3n) is 5.58. The maximum atomic E-state index is 12.2. The highest BCUT2D eigenvalue weighted by Gasteiger charge is 2.29. The van der Waals surface area contributed by atoms with Crippen LogP contribution >= 0.6 is 0 Å². The number of aromatic nitrogens is 2. The lowest BCUT2D eigenvalue weighted by atomic mass is 9.82. The average Bonchev–Trinajstić information content (AvgIpc) is 3.26. The van der Waals surface area contributed by atoms with Crippen molar-refractivity contribution in [2.75, 3.05) is 10.6 Å². The highest BCUT2D eigenvalue weighted by atomic mass is 16.5. The van der Waals surface area contributed by atoms with Crippen molar-refractivity contribution >= 4 is 23.4 Å². The van der Waals surface area contributed by atoms with Crippen molar-refractivity contribution < 1.29 is 19.2 Å². The van der Waals surface area contributed by atoms with Crippen LogP contribution in [0.2, 0.25) is 0 Å². The van der Waals surface area contributed by atoms with Gasteiger partial charge in [0.1, 0.15) is 0 Å². The maximum absolute atomic E-state index is 12.2. The molecule has 2 amide bonds. The predicted octanol–water partition coefficient (Wildman–Crippen LogP) is 5.05. The summed E-state index contributed by atoms with van der Waals surface area (Å²) in [6, 6.07) is 14.4. The predicted molar refractivity (Wildman–Crippen MR) is 116 cm³/mol. The summed E-state index contributed by atoms with van der Waals surface area (Å²) in [6.07, 6.45) is 2.72. The molecule has 4 rings (SSSR count). The normalized spacial score (nSPS) is 18.4. The summed E-state index contributed by atoms with van der Waals surface area (Å²) in [5, 5.41) is 18.8. The van der Waals surface area contributed by atoms with Gasteiger partial charge < -0.3 is 20.3 Å². The molecule has 160 valence electrons. The van der Waals surface area contributed by atoms with E-state index in [1.807, 2.05) is 43.3 Å². The Labute approximate surface area is 179 Å². The van der Waals surface area contributed by atoms with Crippen molar-refractivity contribution in [2.24, 2.45) is 5.92 Å². The molecule has 0 atom stereocenters. The topological polar surface area (TPSA) is 117 Å². The number of carboxylic acid groups (broad SMARTS) is 1. The standard InChI is InChI=1S/C23H24N4O4/c1-14-2-10-18(11-3-14)24-23(30)25-19-12-8-15(9-13-19)20-26-21(31-27-20)16-4-6-17(7-5-16)22(28)29/h2-3,8-13,16-17H,4-7H2,1H3,(H,28,29)(H2,24,25,30). The van der Waals surface area contributed by atoms with E-state index in [1.165, 1.54) is 0 Å². The lowest BCUT2D eigenvalue weighted by molar-refractivity contribution is -0.142. The van der Waals surface area contributed by atoms with E-state index in [0.29, 0.717) is 30.2 Å². The first kappa shape index (κ1) is 20.6. The van der Waals surface area contributed by atoms with Gasteiger partial charge in [0.15, 0.2) is 0 Å². The van der Waals surface area contributed by atoms with Gasteiger partial charge in [-0.25, -0.2) is 4.79 Å². The highest BCUT2D eigenvalue weighted by molar-refractivity contribution is 5.99. The Morgan fingerprint density at radius 2 is 1.52 bits per heavy atom. The third-order valence-corrected chi connectivity index (χ3v) is 5.58. The fourth-order valence-corrected chi connectivity index (χ4v) is 3.74. The number of benzene rings is 2. The number of aryl methyl sites for hydroxylation is 1. The fraction of sp³-hybridized carbons (Fsp3) is 0.304. The Balaban J connectivity index is 1.35. The molecule has 1 heterocycles. The number of nitrogens with zero attached hydrogens (tertiary/aromatic N) is 2. The highest BCUT2D eigenvalue weighted by Crippen LogP contribution is 2.35. The van der Waals surface area contributed by atoms with Crippen LogP contribution in [0.15, 0.2) is 53.1 Å².